The summed E-state index contributed by atoms with van der Waals surface area (Å²) >= 11 is 0. The van der Waals surface area contributed by atoms with Crippen molar-refractivity contribution in [3.05, 3.63) is 53.6 Å². The van der Waals surface area contributed by atoms with E-state index in [2.05, 4.69) is 5.32 Å². The van der Waals surface area contributed by atoms with Crippen LogP contribution in [0.25, 0.3) is 6.08 Å². The first kappa shape index (κ1) is 18.9. The molecule has 6 nitrogen and oxygen atoms in total. The average molecular weight is 352 g/mol. The first-order valence-electron chi connectivity index (χ1n) is 7.99. The number of benzene rings is 2. The van der Waals surface area contributed by atoms with Crippen LogP contribution in [0.5, 0.6) is 17.2 Å². The fourth-order valence-electron chi connectivity index (χ4n) is 2.26. The Bertz CT molecular complexity index is 836. The van der Waals surface area contributed by atoms with Crippen molar-refractivity contribution in [2.75, 3.05) is 26.1 Å². The normalized spacial score (nSPS) is 10.6. The predicted octanol–water partition coefficient (Wildman–Crippen LogP) is 3.65. The van der Waals surface area contributed by atoms with Crippen LogP contribution in [0.15, 0.2) is 48.0 Å². The molecule has 2 rings (SSSR count). The van der Waals surface area contributed by atoms with E-state index < -0.39 is 5.91 Å². The van der Waals surface area contributed by atoms with E-state index in [0.717, 1.165) is 0 Å². The molecular formula is C20H20N2O4. The highest BCUT2D eigenvalue weighted by molar-refractivity contribution is 6.09. The monoisotopic (exact) mass is 352 g/mol. The number of nitrogens with zero attached hydrogens (tertiary/aromatic N) is 1. The molecule has 0 aliphatic heterocycles. The van der Waals surface area contributed by atoms with Gasteiger partial charge in [0.1, 0.15) is 28.9 Å². The van der Waals surface area contributed by atoms with Crippen molar-refractivity contribution < 1.29 is 19.0 Å². The summed E-state index contributed by atoms with van der Waals surface area (Å²) in [4.78, 5) is 12.4. The summed E-state index contributed by atoms with van der Waals surface area (Å²) in [6, 6.07) is 14.0. The zero-order valence-electron chi connectivity index (χ0n) is 14.9. The summed E-state index contributed by atoms with van der Waals surface area (Å²) in [5.74, 6) is 1.33. The average Bonchev–Trinajstić information content (AvgIpc) is 2.67. The van der Waals surface area contributed by atoms with Crippen LogP contribution in [0.4, 0.5) is 5.69 Å². The van der Waals surface area contributed by atoms with Gasteiger partial charge >= 0.3 is 0 Å². The van der Waals surface area contributed by atoms with E-state index in [-0.39, 0.29) is 5.57 Å². The number of rotatable bonds is 7. The number of nitriles is 1. The molecule has 0 spiro atoms. The first-order chi connectivity index (χ1) is 12.6. The zero-order valence-corrected chi connectivity index (χ0v) is 14.9. The van der Waals surface area contributed by atoms with E-state index in [1.54, 1.807) is 49.6 Å². The van der Waals surface area contributed by atoms with Crippen molar-refractivity contribution in [2.45, 2.75) is 6.92 Å². The van der Waals surface area contributed by atoms with Crippen molar-refractivity contribution >= 4 is 17.7 Å². The van der Waals surface area contributed by atoms with Crippen LogP contribution in [0, 0.1) is 11.3 Å². The number of amides is 1. The molecule has 1 N–H and O–H groups in total. The molecule has 0 aliphatic carbocycles. The predicted molar refractivity (Wildman–Crippen MR) is 99.4 cm³/mol. The van der Waals surface area contributed by atoms with E-state index in [1.807, 2.05) is 13.0 Å². The Morgan fingerprint density at radius 3 is 2.38 bits per heavy atom. The number of nitrogens with one attached hydrogen (secondary N) is 1. The second-order valence-corrected chi connectivity index (χ2v) is 5.19. The van der Waals surface area contributed by atoms with E-state index >= 15 is 0 Å². The van der Waals surface area contributed by atoms with E-state index in [4.69, 9.17) is 14.2 Å². The summed E-state index contributed by atoms with van der Waals surface area (Å²) in [5.41, 5.74) is 1.09. The van der Waals surface area contributed by atoms with Crippen molar-refractivity contribution in [3.8, 4) is 23.3 Å². The van der Waals surface area contributed by atoms with Gasteiger partial charge < -0.3 is 19.5 Å². The third kappa shape index (κ3) is 4.77. The Labute approximate surface area is 152 Å². The van der Waals surface area contributed by atoms with Crippen molar-refractivity contribution in [1.29, 1.82) is 5.26 Å². The minimum atomic E-state index is -0.512. The Balaban J connectivity index is 2.23. The van der Waals surface area contributed by atoms with Crippen molar-refractivity contribution in [2.24, 2.45) is 0 Å². The van der Waals surface area contributed by atoms with E-state index in [9.17, 15) is 10.1 Å². The molecule has 0 aromatic heterocycles. The highest BCUT2D eigenvalue weighted by Crippen LogP contribution is 2.26. The fourth-order valence-corrected chi connectivity index (χ4v) is 2.26. The Kier molecular flexibility index (Phi) is 6.63. The lowest BCUT2D eigenvalue weighted by Crippen LogP contribution is -2.13. The Hall–Kier alpha value is -3.46. The van der Waals surface area contributed by atoms with Gasteiger partial charge in [0.15, 0.2) is 0 Å². The molecule has 0 fully saturated rings. The molecule has 0 atom stereocenters. The Morgan fingerprint density at radius 2 is 1.81 bits per heavy atom. The highest BCUT2D eigenvalue weighted by atomic mass is 16.5. The molecule has 26 heavy (non-hydrogen) atoms. The molecule has 0 heterocycles. The summed E-state index contributed by atoms with van der Waals surface area (Å²) in [7, 11) is 3.06. The summed E-state index contributed by atoms with van der Waals surface area (Å²) in [6.07, 6.45) is 1.46. The number of hydrogen-bond acceptors (Lipinski definition) is 5. The number of anilines is 1. The van der Waals surface area contributed by atoms with Gasteiger partial charge in [-0.1, -0.05) is 0 Å². The lowest BCUT2D eigenvalue weighted by molar-refractivity contribution is -0.112. The van der Waals surface area contributed by atoms with Crippen LogP contribution in [0.2, 0.25) is 0 Å². The minimum Gasteiger partial charge on any atom is -0.497 e. The first-order valence-corrected chi connectivity index (χ1v) is 7.99. The second kappa shape index (κ2) is 9.14. The summed E-state index contributed by atoms with van der Waals surface area (Å²) in [5, 5.41) is 12.1. The minimum absolute atomic E-state index is 0.0505. The molecule has 0 unspecified atom stereocenters. The molecule has 134 valence electrons. The summed E-state index contributed by atoms with van der Waals surface area (Å²) in [6.45, 7) is 2.46. The van der Waals surface area contributed by atoms with Gasteiger partial charge in [-0.2, -0.15) is 5.26 Å². The van der Waals surface area contributed by atoms with Gasteiger partial charge in [-0.25, -0.2) is 0 Å². The molecule has 0 aliphatic rings. The third-order valence-corrected chi connectivity index (χ3v) is 3.52. The molecule has 2 aromatic carbocycles. The number of methoxy groups -OCH3 is 2. The molecule has 0 bridgehead atoms. The fraction of sp³-hybridized carbons (Fsp3) is 0.200. The molecule has 0 saturated heterocycles. The maximum atomic E-state index is 12.4. The lowest BCUT2D eigenvalue weighted by Gasteiger charge is -2.09. The Morgan fingerprint density at radius 1 is 1.12 bits per heavy atom. The van der Waals surface area contributed by atoms with E-state index in [1.165, 1.54) is 13.2 Å². The molecular weight excluding hydrogens is 332 g/mol. The molecule has 6 heteroatoms. The topological polar surface area (TPSA) is 80.6 Å². The van der Waals surface area contributed by atoms with Gasteiger partial charge in [0.2, 0.25) is 0 Å². The maximum absolute atomic E-state index is 12.4. The van der Waals surface area contributed by atoms with Crippen LogP contribution in [-0.4, -0.2) is 26.7 Å². The van der Waals surface area contributed by atoms with Crippen LogP contribution in [0.3, 0.4) is 0 Å². The highest BCUT2D eigenvalue weighted by Gasteiger charge is 2.12. The van der Waals surface area contributed by atoms with Gasteiger partial charge in [0.25, 0.3) is 5.91 Å². The van der Waals surface area contributed by atoms with Crippen molar-refractivity contribution in [3.63, 3.8) is 0 Å². The number of ether oxygens (including phenoxy) is 3. The van der Waals surface area contributed by atoms with Gasteiger partial charge in [-0.05, 0) is 55.5 Å². The van der Waals surface area contributed by atoms with Crippen molar-refractivity contribution in [1.82, 2.24) is 0 Å². The van der Waals surface area contributed by atoms with Gasteiger partial charge in [-0.3, -0.25) is 4.79 Å². The molecule has 0 saturated carbocycles. The molecule has 0 radical (unpaired) electrons. The van der Waals surface area contributed by atoms with Crippen LogP contribution in [-0.2, 0) is 4.79 Å². The van der Waals surface area contributed by atoms with Gasteiger partial charge in [0.05, 0.1) is 20.8 Å². The summed E-state index contributed by atoms with van der Waals surface area (Å²) < 4.78 is 15.8. The van der Waals surface area contributed by atoms with Gasteiger partial charge in [0, 0.05) is 11.3 Å². The standard InChI is InChI=1S/C20H20N2O4/c1-4-26-17-7-5-16(6-8-17)22-20(23)15(13-21)11-14-12-18(24-2)9-10-19(14)25-3/h5-12H,4H2,1-3H3,(H,22,23). The number of hydrogen-bond donors (Lipinski definition) is 1. The maximum Gasteiger partial charge on any atom is 0.266 e. The third-order valence-electron chi connectivity index (χ3n) is 3.52. The molecule has 2 aromatic rings. The van der Waals surface area contributed by atoms with E-state index in [0.29, 0.717) is 35.1 Å². The largest absolute Gasteiger partial charge is 0.497 e. The quantitative estimate of drug-likeness (QED) is 0.608. The lowest BCUT2D eigenvalue weighted by atomic mass is 10.1. The number of carbonyl (C=O) groups is 1. The smallest absolute Gasteiger partial charge is 0.266 e. The van der Waals surface area contributed by atoms with Gasteiger partial charge in [-0.15, -0.1) is 0 Å². The SMILES string of the molecule is CCOc1ccc(NC(=O)C(C#N)=Cc2cc(OC)ccc2OC)cc1. The molecule has 1 amide bonds. The number of carbonyl (C=O) groups excluding carboxylic acids is 1. The zero-order chi connectivity index (χ0) is 18.9. The van der Waals surface area contributed by atoms with Crippen LogP contribution < -0.4 is 19.5 Å². The van der Waals surface area contributed by atoms with Crippen LogP contribution >= 0.6 is 0 Å². The second-order valence-electron chi connectivity index (χ2n) is 5.19. The van der Waals surface area contributed by atoms with Crippen LogP contribution in [0.1, 0.15) is 12.5 Å².